The van der Waals surface area contributed by atoms with Gasteiger partial charge < -0.3 is 10.5 Å². The average molecular weight is 190 g/mol. The van der Waals surface area contributed by atoms with Crippen molar-refractivity contribution in [1.29, 1.82) is 0 Å². The zero-order valence-electron chi connectivity index (χ0n) is 7.32. The number of rotatable bonds is 5. The fourth-order valence-corrected chi connectivity index (χ4v) is 1.01. The van der Waals surface area contributed by atoms with Crippen molar-refractivity contribution in [2.75, 3.05) is 13.2 Å². The lowest BCUT2D eigenvalue weighted by molar-refractivity contribution is -0.145. The van der Waals surface area contributed by atoms with E-state index in [0.717, 1.165) is 0 Å². The summed E-state index contributed by atoms with van der Waals surface area (Å²) in [6, 6.07) is -0.536. The van der Waals surface area contributed by atoms with Crippen LogP contribution >= 0.6 is 0 Å². The molecule has 2 N–H and O–H groups in total. The van der Waals surface area contributed by atoms with Gasteiger partial charge in [0.15, 0.2) is 6.04 Å². The van der Waals surface area contributed by atoms with Gasteiger partial charge >= 0.3 is 5.97 Å². The van der Waals surface area contributed by atoms with E-state index in [2.05, 4.69) is 16.8 Å². The van der Waals surface area contributed by atoms with Gasteiger partial charge in [0.1, 0.15) is 6.61 Å². The second-order valence-corrected chi connectivity index (χ2v) is 2.96. The quantitative estimate of drug-likeness (QED) is 0.631. The second-order valence-electron chi connectivity index (χ2n) is 2.75. The minimum Gasteiger partial charge on any atom is -0.463 e. The fourth-order valence-electron chi connectivity index (χ4n) is 0.682. The summed E-state index contributed by atoms with van der Waals surface area (Å²) >= 11 is 4.47. The van der Waals surface area contributed by atoms with Crippen molar-refractivity contribution < 1.29 is 9.53 Å². The van der Waals surface area contributed by atoms with Gasteiger partial charge in [0.25, 0.3) is 0 Å². The van der Waals surface area contributed by atoms with E-state index in [1.165, 1.54) is 0 Å². The number of carbonyl (C=O) groups is 1. The molecule has 0 aromatic rings. The van der Waals surface area contributed by atoms with E-state index in [1.54, 1.807) is 0 Å². The van der Waals surface area contributed by atoms with Gasteiger partial charge in [-0.15, -0.1) is 0 Å². The number of nitrogens with two attached hydrogens (primary N) is 1. The molecule has 4 nitrogen and oxygen atoms in total. The van der Waals surface area contributed by atoms with Crippen molar-refractivity contribution in [2.24, 2.45) is 16.0 Å². The molecule has 0 saturated heterocycles. The number of nitrogens with zero attached hydrogens (tertiary/aromatic N) is 1. The van der Waals surface area contributed by atoms with Gasteiger partial charge in [0.2, 0.25) is 0 Å². The Morgan fingerprint density at radius 2 is 2.25 bits per heavy atom. The zero-order chi connectivity index (χ0) is 9.56. The average Bonchev–Trinajstić information content (AvgIpc) is 2.01. The summed E-state index contributed by atoms with van der Waals surface area (Å²) in [5, 5.41) is 0. The Kier molecular flexibility index (Phi) is 5.74. The van der Waals surface area contributed by atoms with Crippen LogP contribution in [0.25, 0.3) is 0 Å². The van der Waals surface area contributed by atoms with Crippen LogP contribution in [0.3, 0.4) is 0 Å². The van der Waals surface area contributed by atoms with Crippen molar-refractivity contribution in [3.05, 3.63) is 0 Å². The van der Waals surface area contributed by atoms with Crippen molar-refractivity contribution in [3.63, 3.8) is 0 Å². The van der Waals surface area contributed by atoms with E-state index in [4.69, 9.17) is 10.5 Å². The summed E-state index contributed by atoms with van der Waals surface area (Å²) in [4.78, 5) is 11.1. The first-order chi connectivity index (χ1) is 5.63. The smallest absolute Gasteiger partial charge is 0.332 e. The Bertz CT molecular complexity index is 161. The van der Waals surface area contributed by atoms with Crippen LogP contribution in [0.5, 0.6) is 0 Å². The first-order valence-electron chi connectivity index (χ1n) is 3.82. The van der Waals surface area contributed by atoms with E-state index in [9.17, 15) is 4.79 Å². The standard InChI is InChI=1S/C7H14N2O2S/c1-5(2)6(9-12)7(10)11-4-3-8/h5-6H,3-4,8H2,1-2H3/t6-/m0/s1. The first kappa shape index (κ1) is 11.4. The topological polar surface area (TPSA) is 64.7 Å². The fraction of sp³-hybridized carbons (Fsp3) is 0.857. The summed E-state index contributed by atoms with van der Waals surface area (Å²) in [7, 11) is 0. The van der Waals surface area contributed by atoms with Gasteiger partial charge in [0, 0.05) is 19.0 Å². The van der Waals surface area contributed by atoms with Gasteiger partial charge in [-0.1, -0.05) is 13.8 Å². The Morgan fingerprint density at radius 1 is 1.67 bits per heavy atom. The molecule has 0 aliphatic carbocycles. The third-order valence-corrected chi connectivity index (χ3v) is 1.58. The zero-order valence-corrected chi connectivity index (χ0v) is 8.13. The predicted molar refractivity (Wildman–Crippen MR) is 48.4 cm³/mol. The highest BCUT2D eigenvalue weighted by Crippen LogP contribution is 2.07. The summed E-state index contributed by atoms with van der Waals surface area (Å²) in [6.45, 7) is 4.29. The van der Waals surface area contributed by atoms with E-state index in [1.807, 2.05) is 13.8 Å². The Morgan fingerprint density at radius 3 is 2.58 bits per heavy atom. The molecule has 0 aliphatic heterocycles. The van der Waals surface area contributed by atoms with Crippen molar-refractivity contribution in [2.45, 2.75) is 19.9 Å². The van der Waals surface area contributed by atoms with Crippen LogP contribution in [0.4, 0.5) is 0 Å². The van der Waals surface area contributed by atoms with Crippen LogP contribution in [0, 0.1) is 5.92 Å². The lowest BCUT2D eigenvalue weighted by Crippen LogP contribution is -2.28. The maximum absolute atomic E-state index is 11.1. The molecular weight excluding hydrogens is 176 g/mol. The molecule has 0 rings (SSSR count). The largest absolute Gasteiger partial charge is 0.463 e. The Hall–Kier alpha value is -0.550. The minimum absolute atomic E-state index is 0.0766. The molecule has 0 aromatic carbocycles. The molecule has 0 heterocycles. The number of hydrogen-bond acceptors (Lipinski definition) is 5. The van der Waals surface area contributed by atoms with Crippen LogP contribution in [-0.2, 0) is 22.0 Å². The van der Waals surface area contributed by atoms with Crippen molar-refractivity contribution in [1.82, 2.24) is 0 Å². The highest BCUT2D eigenvalue weighted by molar-refractivity contribution is 7.47. The lowest BCUT2D eigenvalue weighted by atomic mass is 10.1. The summed E-state index contributed by atoms with van der Waals surface area (Å²) < 4.78 is 8.29. The number of hydrogen-bond donors (Lipinski definition) is 1. The molecular formula is C7H14N2O2S. The van der Waals surface area contributed by atoms with E-state index < -0.39 is 6.04 Å². The molecule has 0 aromatic heterocycles. The summed E-state index contributed by atoms with van der Waals surface area (Å²) in [5.41, 5.74) is 5.16. The van der Waals surface area contributed by atoms with Crippen molar-refractivity contribution >= 4 is 18.4 Å². The van der Waals surface area contributed by atoms with Crippen LogP contribution in [0.2, 0.25) is 0 Å². The molecule has 12 heavy (non-hydrogen) atoms. The molecule has 0 fully saturated rings. The molecule has 5 heteroatoms. The Balaban J connectivity index is 3.94. The molecule has 70 valence electrons. The SMILES string of the molecule is CC(C)[C@H](N=S)C(=O)OCCN. The molecule has 0 saturated carbocycles. The maximum atomic E-state index is 11.1. The second kappa shape index (κ2) is 6.02. The number of carbonyl (C=O) groups excluding carboxylic acids is 1. The van der Waals surface area contributed by atoms with Gasteiger partial charge in [-0.05, 0) is 5.92 Å². The predicted octanol–water partition coefficient (Wildman–Crippen LogP) is 0.243. The Labute approximate surface area is 77.6 Å². The van der Waals surface area contributed by atoms with Gasteiger partial charge in [0.05, 0.1) is 0 Å². The molecule has 0 amide bonds. The molecule has 0 spiro atoms. The van der Waals surface area contributed by atoms with Gasteiger partial charge in [-0.25, -0.2) is 9.16 Å². The molecule has 0 radical (unpaired) electrons. The third kappa shape index (κ3) is 3.73. The third-order valence-electron chi connectivity index (χ3n) is 1.35. The monoisotopic (exact) mass is 190 g/mol. The van der Waals surface area contributed by atoms with Gasteiger partial charge in [-0.3, -0.25) is 0 Å². The van der Waals surface area contributed by atoms with Crippen molar-refractivity contribution in [3.8, 4) is 0 Å². The van der Waals surface area contributed by atoms with E-state index >= 15 is 0 Å². The van der Waals surface area contributed by atoms with Crippen LogP contribution < -0.4 is 5.73 Å². The summed E-state index contributed by atoms with van der Waals surface area (Å²) in [5.74, 6) is -0.307. The molecule has 0 unspecified atom stereocenters. The molecule has 0 bridgehead atoms. The normalized spacial score (nSPS) is 12.7. The maximum Gasteiger partial charge on any atom is 0.332 e. The van der Waals surface area contributed by atoms with Crippen LogP contribution in [-0.4, -0.2) is 25.2 Å². The van der Waals surface area contributed by atoms with E-state index in [-0.39, 0.29) is 18.5 Å². The van der Waals surface area contributed by atoms with Crippen LogP contribution in [0.15, 0.2) is 4.36 Å². The first-order valence-corrected chi connectivity index (χ1v) is 4.19. The number of ether oxygens (including phenoxy) is 1. The van der Waals surface area contributed by atoms with Crippen LogP contribution in [0.1, 0.15) is 13.8 Å². The lowest BCUT2D eigenvalue weighted by Gasteiger charge is -2.12. The highest BCUT2D eigenvalue weighted by Gasteiger charge is 2.22. The highest BCUT2D eigenvalue weighted by atomic mass is 32.1. The molecule has 0 aliphatic rings. The van der Waals surface area contributed by atoms with Gasteiger partial charge in [-0.2, -0.15) is 0 Å². The summed E-state index contributed by atoms with van der Waals surface area (Å²) in [6.07, 6.45) is 0. The minimum atomic E-state index is -0.536. The van der Waals surface area contributed by atoms with E-state index in [0.29, 0.717) is 6.54 Å². The molecule has 1 atom stereocenters. The number of esters is 1.